The maximum absolute atomic E-state index is 13.1. The van der Waals surface area contributed by atoms with Crippen LogP contribution in [0.25, 0.3) is 10.4 Å². The highest BCUT2D eigenvalue weighted by Gasteiger charge is 2.07. The molecule has 2 rings (SSSR count). The normalized spacial score (nSPS) is 10.6. The number of methoxy groups -OCH3 is 1. The van der Waals surface area contributed by atoms with E-state index in [1.54, 1.807) is 13.3 Å². The molecular weight excluding hydrogens is 258 g/mol. The van der Waals surface area contributed by atoms with Crippen LogP contribution in [0.2, 0.25) is 0 Å². The van der Waals surface area contributed by atoms with Gasteiger partial charge in [0.1, 0.15) is 0 Å². The van der Waals surface area contributed by atoms with Crippen LogP contribution in [-0.2, 0) is 4.74 Å². The molecule has 0 spiro atoms. The van der Waals surface area contributed by atoms with Crippen LogP contribution in [0, 0.1) is 11.6 Å². The van der Waals surface area contributed by atoms with Gasteiger partial charge in [0.2, 0.25) is 0 Å². The molecule has 1 heterocycles. The van der Waals surface area contributed by atoms with E-state index in [1.165, 1.54) is 23.5 Å². The van der Waals surface area contributed by atoms with E-state index in [-0.39, 0.29) is 0 Å². The quantitative estimate of drug-likeness (QED) is 0.847. The number of hydrogen-bond donors (Lipinski definition) is 1. The summed E-state index contributed by atoms with van der Waals surface area (Å²) in [5.74, 6) is -1.70. The molecule has 18 heavy (non-hydrogen) atoms. The lowest BCUT2D eigenvalue weighted by Crippen LogP contribution is -2.06. The molecule has 2 aromatic rings. The van der Waals surface area contributed by atoms with Gasteiger partial charge in [-0.1, -0.05) is 17.4 Å². The minimum Gasteiger partial charge on any atom is -0.383 e. The lowest BCUT2D eigenvalue weighted by molar-refractivity contribution is 0.211. The number of rotatable bonds is 5. The Bertz CT molecular complexity index is 531. The maximum atomic E-state index is 13.1. The average Bonchev–Trinajstić information content (AvgIpc) is 2.82. The third-order valence-corrected chi connectivity index (χ3v) is 3.30. The molecule has 6 heteroatoms. The first kappa shape index (κ1) is 12.9. The summed E-state index contributed by atoms with van der Waals surface area (Å²) >= 11 is 1.38. The Morgan fingerprint density at radius 1 is 1.33 bits per heavy atom. The van der Waals surface area contributed by atoms with Gasteiger partial charge in [0, 0.05) is 19.9 Å². The third kappa shape index (κ3) is 3.02. The second-order valence-corrected chi connectivity index (χ2v) is 4.61. The Labute approximate surface area is 107 Å². The van der Waals surface area contributed by atoms with Crippen LogP contribution in [0.4, 0.5) is 13.9 Å². The second kappa shape index (κ2) is 5.88. The summed E-state index contributed by atoms with van der Waals surface area (Å²) in [6.07, 6.45) is 1.63. The molecule has 0 aliphatic heterocycles. The molecule has 3 nitrogen and oxygen atoms in total. The number of hydrogen-bond acceptors (Lipinski definition) is 4. The highest BCUT2D eigenvalue weighted by molar-refractivity contribution is 7.18. The zero-order chi connectivity index (χ0) is 13.0. The Hall–Kier alpha value is -1.53. The molecule has 0 aliphatic rings. The molecule has 0 saturated heterocycles. The minimum atomic E-state index is -0.852. The molecule has 0 amide bonds. The topological polar surface area (TPSA) is 34.1 Å². The van der Waals surface area contributed by atoms with Crippen LogP contribution < -0.4 is 5.32 Å². The first-order valence-corrected chi connectivity index (χ1v) is 6.16. The molecule has 0 atom stereocenters. The van der Waals surface area contributed by atoms with E-state index in [0.717, 1.165) is 16.1 Å². The van der Waals surface area contributed by atoms with Crippen molar-refractivity contribution in [2.24, 2.45) is 0 Å². The third-order valence-electron chi connectivity index (χ3n) is 2.29. The number of anilines is 1. The van der Waals surface area contributed by atoms with Gasteiger partial charge in [-0.05, 0) is 17.7 Å². The van der Waals surface area contributed by atoms with Gasteiger partial charge in [0.05, 0.1) is 11.5 Å². The van der Waals surface area contributed by atoms with Crippen LogP contribution in [-0.4, -0.2) is 25.2 Å². The molecular formula is C12H12F2N2OS. The number of ether oxygens (including phenoxy) is 1. The van der Waals surface area contributed by atoms with Gasteiger partial charge in [0.15, 0.2) is 16.8 Å². The molecule has 96 valence electrons. The van der Waals surface area contributed by atoms with Crippen molar-refractivity contribution >= 4 is 16.5 Å². The van der Waals surface area contributed by atoms with E-state index in [1.807, 2.05) is 0 Å². The van der Waals surface area contributed by atoms with Gasteiger partial charge in [-0.25, -0.2) is 13.8 Å². The Morgan fingerprint density at radius 3 is 2.89 bits per heavy atom. The summed E-state index contributed by atoms with van der Waals surface area (Å²) in [6, 6.07) is 3.81. The Balaban J connectivity index is 2.11. The van der Waals surface area contributed by atoms with E-state index in [2.05, 4.69) is 10.3 Å². The van der Waals surface area contributed by atoms with E-state index < -0.39 is 11.6 Å². The van der Waals surface area contributed by atoms with Crippen molar-refractivity contribution in [2.75, 3.05) is 25.6 Å². The van der Waals surface area contributed by atoms with Gasteiger partial charge >= 0.3 is 0 Å². The van der Waals surface area contributed by atoms with Gasteiger partial charge in [0.25, 0.3) is 0 Å². The highest BCUT2D eigenvalue weighted by atomic mass is 32.1. The Morgan fingerprint density at radius 2 is 2.17 bits per heavy atom. The van der Waals surface area contributed by atoms with Gasteiger partial charge in [-0.3, -0.25) is 0 Å². The smallest absolute Gasteiger partial charge is 0.183 e. The van der Waals surface area contributed by atoms with Crippen molar-refractivity contribution in [2.45, 2.75) is 0 Å². The number of halogens is 2. The maximum Gasteiger partial charge on any atom is 0.183 e. The van der Waals surface area contributed by atoms with Crippen molar-refractivity contribution in [1.29, 1.82) is 0 Å². The van der Waals surface area contributed by atoms with E-state index in [9.17, 15) is 8.78 Å². The number of aromatic nitrogens is 1. The van der Waals surface area contributed by atoms with Crippen LogP contribution in [0.1, 0.15) is 0 Å². The summed E-state index contributed by atoms with van der Waals surface area (Å²) in [7, 11) is 1.62. The zero-order valence-corrected chi connectivity index (χ0v) is 10.6. The van der Waals surface area contributed by atoms with Crippen LogP contribution >= 0.6 is 11.3 Å². The van der Waals surface area contributed by atoms with E-state index in [0.29, 0.717) is 18.7 Å². The van der Waals surface area contributed by atoms with Crippen molar-refractivity contribution in [3.8, 4) is 10.4 Å². The molecule has 0 aliphatic carbocycles. The average molecular weight is 270 g/mol. The van der Waals surface area contributed by atoms with Crippen LogP contribution in [0.15, 0.2) is 24.4 Å². The molecule has 0 saturated carbocycles. The van der Waals surface area contributed by atoms with Crippen molar-refractivity contribution in [1.82, 2.24) is 4.98 Å². The summed E-state index contributed by atoms with van der Waals surface area (Å²) < 4.78 is 30.8. The van der Waals surface area contributed by atoms with Crippen molar-refractivity contribution < 1.29 is 13.5 Å². The highest BCUT2D eigenvalue weighted by Crippen LogP contribution is 2.29. The molecule has 0 radical (unpaired) electrons. The molecule has 1 aromatic carbocycles. The minimum absolute atomic E-state index is 0.583. The van der Waals surface area contributed by atoms with Gasteiger partial charge in [-0.15, -0.1) is 0 Å². The van der Waals surface area contributed by atoms with Crippen LogP contribution in [0.3, 0.4) is 0 Å². The summed E-state index contributed by atoms with van der Waals surface area (Å²) in [6.45, 7) is 1.24. The number of nitrogens with one attached hydrogen (secondary N) is 1. The van der Waals surface area contributed by atoms with Gasteiger partial charge in [-0.2, -0.15) is 0 Å². The fraction of sp³-hybridized carbons (Fsp3) is 0.250. The predicted octanol–water partition coefficient (Wildman–Crippen LogP) is 3.15. The van der Waals surface area contributed by atoms with E-state index in [4.69, 9.17) is 4.74 Å². The lowest BCUT2D eigenvalue weighted by atomic mass is 10.2. The molecule has 0 unspecified atom stereocenters. The fourth-order valence-electron chi connectivity index (χ4n) is 1.40. The largest absolute Gasteiger partial charge is 0.383 e. The van der Waals surface area contributed by atoms with Gasteiger partial charge < -0.3 is 10.1 Å². The summed E-state index contributed by atoms with van der Waals surface area (Å²) in [4.78, 5) is 4.94. The zero-order valence-electron chi connectivity index (χ0n) is 9.74. The van der Waals surface area contributed by atoms with Crippen molar-refractivity contribution in [3.05, 3.63) is 36.0 Å². The first-order valence-electron chi connectivity index (χ1n) is 5.35. The number of thiazole rings is 1. The predicted molar refractivity (Wildman–Crippen MR) is 67.8 cm³/mol. The number of benzene rings is 1. The Kier molecular flexibility index (Phi) is 4.22. The monoisotopic (exact) mass is 270 g/mol. The van der Waals surface area contributed by atoms with Crippen molar-refractivity contribution in [3.63, 3.8) is 0 Å². The number of nitrogens with zero attached hydrogens (tertiary/aromatic N) is 1. The fourth-order valence-corrected chi connectivity index (χ4v) is 2.24. The second-order valence-electron chi connectivity index (χ2n) is 3.58. The standard InChI is InChI=1S/C12H12F2N2OS/c1-17-5-4-15-12-16-7-11(18-12)8-2-3-9(13)10(14)6-8/h2-3,6-7H,4-5H2,1H3,(H,15,16). The lowest BCUT2D eigenvalue weighted by Gasteiger charge is -2.00. The van der Waals surface area contributed by atoms with Crippen LogP contribution in [0.5, 0.6) is 0 Å². The molecule has 1 aromatic heterocycles. The summed E-state index contributed by atoms with van der Waals surface area (Å²) in [5, 5.41) is 3.80. The molecule has 0 bridgehead atoms. The first-order chi connectivity index (χ1) is 8.70. The SMILES string of the molecule is COCCNc1ncc(-c2ccc(F)c(F)c2)s1. The van der Waals surface area contributed by atoms with E-state index >= 15 is 0 Å². The molecule has 1 N–H and O–H groups in total. The molecule has 0 fully saturated rings. The summed E-state index contributed by atoms with van der Waals surface area (Å²) in [5.41, 5.74) is 0.617.